The molecule has 1 heterocycles. The summed E-state index contributed by atoms with van der Waals surface area (Å²) in [5.74, 6) is 0.590. The summed E-state index contributed by atoms with van der Waals surface area (Å²) in [6.07, 6.45) is 0.906. The van der Waals surface area contributed by atoms with E-state index >= 15 is 0 Å². The summed E-state index contributed by atoms with van der Waals surface area (Å²) in [5.41, 5.74) is 7.93. The van der Waals surface area contributed by atoms with Crippen LogP contribution in [-0.4, -0.2) is 13.2 Å². The zero-order valence-electron chi connectivity index (χ0n) is 11.2. The zero-order chi connectivity index (χ0) is 13.9. The predicted molar refractivity (Wildman–Crippen MR) is 78.4 cm³/mol. The fourth-order valence-corrected chi connectivity index (χ4v) is 2.50. The number of halogens is 1. The van der Waals surface area contributed by atoms with Crippen molar-refractivity contribution in [3.8, 4) is 5.75 Å². The van der Waals surface area contributed by atoms with Gasteiger partial charge in [-0.05, 0) is 30.7 Å². The van der Waals surface area contributed by atoms with Crippen LogP contribution in [0.5, 0.6) is 5.75 Å². The number of hydrogen-bond acceptors (Lipinski definition) is 3. The van der Waals surface area contributed by atoms with Gasteiger partial charge in [-0.25, -0.2) is 4.39 Å². The maximum Gasteiger partial charge on any atom is 0.142 e. The topological polar surface area (TPSA) is 38.5 Å². The Morgan fingerprint density at radius 1 is 1.15 bits per heavy atom. The van der Waals surface area contributed by atoms with E-state index in [4.69, 9.17) is 10.5 Å². The first kappa shape index (κ1) is 12.8. The second kappa shape index (κ2) is 5.41. The molecule has 4 heteroatoms. The van der Waals surface area contributed by atoms with E-state index in [9.17, 15) is 4.39 Å². The Kier molecular flexibility index (Phi) is 3.46. The van der Waals surface area contributed by atoms with E-state index in [1.165, 1.54) is 6.07 Å². The van der Waals surface area contributed by atoms with Gasteiger partial charge in [0.15, 0.2) is 0 Å². The van der Waals surface area contributed by atoms with E-state index in [1.54, 1.807) is 12.1 Å². The summed E-state index contributed by atoms with van der Waals surface area (Å²) < 4.78 is 19.7. The van der Waals surface area contributed by atoms with Crippen molar-refractivity contribution >= 4 is 11.4 Å². The minimum atomic E-state index is -0.257. The smallest absolute Gasteiger partial charge is 0.142 e. The van der Waals surface area contributed by atoms with Crippen molar-refractivity contribution in [1.29, 1.82) is 0 Å². The Hall–Kier alpha value is -2.23. The van der Waals surface area contributed by atoms with Crippen LogP contribution in [0.15, 0.2) is 42.5 Å². The molecule has 0 aromatic heterocycles. The van der Waals surface area contributed by atoms with Crippen molar-refractivity contribution in [2.24, 2.45) is 0 Å². The van der Waals surface area contributed by atoms with Crippen molar-refractivity contribution in [3.63, 3.8) is 0 Å². The average molecular weight is 272 g/mol. The van der Waals surface area contributed by atoms with Crippen LogP contribution in [0.3, 0.4) is 0 Å². The molecule has 0 saturated heterocycles. The normalized spacial score (nSPS) is 14.3. The molecule has 0 bridgehead atoms. The molecule has 2 aromatic rings. The maximum absolute atomic E-state index is 13.9. The van der Waals surface area contributed by atoms with Crippen molar-refractivity contribution in [3.05, 3.63) is 53.8 Å². The molecular weight excluding hydrogens is 255 g/mol. The van der Waals surface area contributed by atoms with Crippen LogP contribution < -0.4 is 15.4 Å². The number of nitrogens with zero attached hydrogens (tertiary/aromatic N) is 1. The second-order valence-corrected chi connectivity index (χ2v) is 4.90. The van der Waals surface area contributed by atoms with Gasteiger partial charge in [0.05, 0.1) is 12.3 Å². The van der Waals surface area contributed by atoms with E-state index in [2.05, 4.69) is 4.90 Å². The Morgan fingerprint density at radius 2 is 2.00 bits per heavy atom. The second-order valence-electron chi connectivity index (χ2n) is 4.90. The Labute approximate surface area is 117 Å². The maximum atomic E-state index is 13.9. The molecule has 0 amide bonds. The number of hydrogen-bond donors (Lipinski definition) is 1. The van der Waals surface area contributed by atoms with E-state index in [-0.39, 0.29) is 5.82 Å². The SMILES string of the molecule is Nc1cccc(F)c1CN1CCCOc2ccccc21. The summed E-state index contributed by atoms with van der Waals surface area (Å²) in [6.45, 7) is 1.96. The van der Waals surface area contributed by atoms with Crippen LogP contribution in [0.4, 0.5) is 15.8 Å². The first-order valence-corrected chi connectivity index (χ1v) is 6.75. The van der Waals surface area contributed by atoms with Gasteiger partial charge in [0.2, 0.25) is 0 Å². The number of fused-ring (bicyclic) bond motifs is 1. The fourth-order valence-electron chi connectivity index (χ4n) is 2.50. The van der Waals surface area contributed by atoms with Gasteiger partial charge in [0.1, 0.15) is 11.6 Å². The molecule has 0 atom stereocenters. The fraction of sp³-hybridized carbons (Fsp3) is 0.250. The molecule has 3 nitrogen and oxygen atoms in total. The quantitative estimate of drug-likeness (QED) is 0.853. The zero-order valence-corrected chi connectivity index (χ0v) is 11.2. The predicted octanol–water partition coefficient (Wildman–Crippen LogP) is 3.20. The molecule has 0 unspecified atom stereocenters. The first-order chi connectivity index (χ1) is 9.75. The van der Waals surface area contributed by atoms with E-state index in [0.29, 0.717) is 24.4 Å². The highest BCUT2D eigenvalue weighted by Gasteiger charge is 2.18. The standard InChI is InChI=1S/C16H17FN2O/c17-13-5-3-6-14(18)12(13)11-19-9-4-10-20-16-8-2-1-7-15(16)19/h1-3,5-8H,4,9-11,18H2. The molecule has 20 heavy (non-hydrogen) atoms. The van der Waals surface area contributed by atoms with Crippen LogP contribution in [0.2, 0.25) is 0 Å². The monoisotopic (exact) mass is 272 g/mol. The van der Waals surface area contributed by atoms with Gasteiger partial charge in [-0.15, -0.1) is 0 Å². The van der Waals surface area contributed by atoms with Gasteiger partial charge in [0, 0.05) is 24.3 Å². The van der Waals surface area contributed by atoms with Gasteiger partial charge < -0.3 is 15.4 Å². The molecule has 0 saturated carbocycles. The molecule has 1 aliphatic heterocycles. The molecule has 0 radical (unpaired) electrons. The average Bonchev–Trinajstić information content (AvgIpc) is 2.66. The van der Waals surface area contributed by atoms with Gasteiger partial charge >= 0.3 is 0 Å². The lowest BCUT2D eigenvalue weighted by Gasteiger charge is -2.24. The molecule has 1 aliphatic rings. The van der Waals surface area contributed by atoms with Crippen molar-refractivity contribution in [2.75, 3.05) is 23.8 Å². The Balaban J connectivity index is 1.94. The van der Waals surface area contributed by atoms with Crippen LogP contribution >= 0.6 is 0 Å². The lowest BCUT2D eigenvalue weighted by molar-refractivity contribution is 0.322. The van der Waals surface area contributed by atoms with Crippen molar-refractivity contribution in [1.82, 2.24) is 0 Å². The Bertz CT molecular complexity index is 595. The van der Waals surface area contributed by atoms with Gasteiger partial charge in [-0.1, -0.05) is 18.2 Å². The Morgan fingerprint density at radius 3 is 2.85 bits per heavy atom. The number of ether oxygens (including phenoxy) is 1. The number of benzene rings is 2. The number of anilines is 2. The van der Waals surface area contributed by atoms with Crippen LogP contribution in [0.1, 0.15) is 12.0 Å². The molecule has 0 aliphatic carbocycles. The third kappa shape index (κ3) is 2.41. The number of nitrogens with two attached hydrogens (primary N) is 1. The van der Waals surface area contributed by atoms with E-state index in [1.807, 2.05) is 24.3 Å². The summed E-state index contributed by atoms with van der Waals surface area (Å²) in [4.78, 5) is 2.12. The van der Waals surface area contributed by atoms with E-state index in [0.717, 1.165) is 24.4 Å². The highest BCUT2D eigenvalue weighted by atomic mass is 19.1. The first-order valence-electron chi connectivity index (χ1n) is 6.75. The van der Waals surface area contributed by atoms with Crippen molar-refractivity contribution in [2.45, 2.75) is 13.0 Å². The minimum Gasteiger partial charge on any atom is -0.491 e. The van der Waals surface area contributed by atoms with Gasteiger partial charge in [-0.2, -0.15) is 0 Å². The molecule has 3 rings (SSSR count). The summed E-state index contributed by atoms with van der Waals surface area (Å²) in [7, 11) is 0. The lowest BCUT2D eigenvalue weighted by atomic mass is 10.1. The van der Waals surface area contributed by atoms with Crippen LogP contribution in [-0.2, 0) is 6.54 Å². The number of para-hydroxylation sites is 2. The third-order valence-corrected chi connectivity index (χ3v) is 3.54. The molecule has 0 fully saturated rings. The molecule has 0 spiro atoms. The molecular formula is C16H17FN2O. The minimum absolute atomic E-state index is 0.257. The molecule has 104 valence electrons. The summed E-state index contributed by atoms with van der Waals surface area (Å²) in [5, 5.41) is 0. The van der Waals surface area contributed by atoms with Crippen LogP contribution in [0, 0.1) is 5.82 Å². The van der Waals surface area contributed by atoms with Gasteiger partial charge in [-0.3, -0.25) is 0 Å². The number of rotatable bonds is 2. The largest absolute Gasteiger partial charge is 0.491 e. The molecule has 2 N–H and O–H groups in total. The summed E-state index contributed by atoms with van der Waals surface area (Å²) >= 11 is 0. The lowest BCUT2D eigenvalue weighted by Crippen LogP contribution is -2.24. The van der Waals surface area contributed by atoms with E-state index < -0.39 is 0 Å². The molecule has 2 aromatic carbocycles. The third-order valence-electron chi connectivity index (χ3n) is 3.54. The van der Waals surface area contributed by atoms with Gasteiger partial charge in [0.25, 0.3) is 0 Å². The number of nitrogen functional groups attached to an aromatic ring is 1. The van der Waals surface area contributed by atoms with Crippen LogP contribution in [0.25, 0.3) is 0 Å². The highest BCUT2D eigenvalue weighted by Crippen LogP contribution is 2.32. The summed E-state index contributed by atoms with van der Waals surface area (Å²) in [6, 6.07) is 12.7. The van der Waals surface area contributed by atoms with Crippen molar-refractivity contribution < 1.29 is 9.13 Å². The highest BCUT2D eigenvalue weighted by molar-refractivity contribution is 5.60.